The molecule has 0 saturated heterocycles. The first kappa shape index (κ1) is 15.7. The van der Waals surface area contributed by atoms with Gasteiger partial charge >= 0.3 is 21.7 Å². The van der Waals surface area contributed by atoms with Gasteiger partial charge < -0.3 is 16.3 Å². The fourth-order valence-corrected chi connectivity index (χ4v) is 0. The van der Waals surface area contributed by atoms with Crippen LogP contribution < -0.4 is 0 Å². The predicted octanol–water partition coefficient (Wildman–Crippen LogP) is 1.20. The van der Waals surface area contributed by atoms with Gasteiger partial charge in [0.1, 0.15) is 0 Å². The average Bonchev–Trinajstić information content (AvgIpc) is 1.69. The van der Waals surface area contributed by atoms with Gasteiger partial charge in [-0.05, 0) is 0 Å². The van der Waals surface area contributed by atoms with Crippen LogP contribution in [0.3, 0.4) is 0 Å². The van der Waals surface area contributed by atoms with Crippen LogP contribution in [-0.2, 0) is 26.5 Å². The van der Waals surface area contributed by atoms with Gasteiger partial charge in [-0.2, -0.15) is 20.0 Å². The van der Waals surface area contributed by atoms with Crippen molar-refractivity contribution in [2.24, 2.45) is 0 Å². The van der Waals surface area contributed by atoms with E-state index in [1.54, 1.807) is 0 Å². The van der Waals surface area contributed by atoms with Crippen LogP contribution in [0.5, 0.6) is 0 Å². The molecule has 0 amide bonds. The number of carbonyl (C=O) groups excluding carboxylic acids is 1. The summed E-state index contributed by atoms with van der Waals surface area (Å²) in [5.74, 6) is 0. The molecule has 4 heteroatoms. The van der Waals surface area contributed by atoms with E-state index in [2.05, 4.69) is 0 Å². The number of nitrogens with one attached hydrogen (secondary N) is 2. The minimum atomic E-state index is 0. The van der Waals surface area contributed by atoms with Crippen LogP contribution in [0.4, 0.5) is 0 Å². The van der Waals surface area contributed by atoms with Gasteiger partial charge in [0.15, 0.2) is 0 Å². The van der Waals surface area contributed by atoms with Gasteiger partial charge in [0, 0.05) is 0 Å². The smallest absolute Gasteiger partial charge is 0.679 e. The molecule has 2 N–H and O–H groups in total. The van der Waals surface area contributed by atoms with Crippen LogP contribution in [0, 0.1) is 0 Å². The quantitative estimate of drug-likeness (QED) is 0.408. The van der Waals surface area contributed by atoms with E-state index < -0.39 is 0 Å². The van der Waals surface area contributed by atoms with E-state index >= 15 is 0 Å². The van der Waals surface area contributed by atoms with Gasteiger partial charge in [0.25, 0.3) is 0 Å². The van der Waals surface area contributed by atoms with Crippen molar-refractivity contribution in [1.82, 2.24) is 0 Å². The standard InChI is InChI=1S/C2H6N2.C2H3O.Ti/c3-1-2-4;1-2-3;/h3-4H,1-2H2;1H3;/q-2;-1;+3. The summed E-state index contributed by atoms with van der Waals surface area (Å²) in [5.41, 5.74) is 12.5. The fourth-order valence-electron chi connectivity index (χ4n) is 0. The van der Waals surface area contributed by atoms with E-state index in [0.717, 1.165) is 0 Å². The molecule has 0 aliphatic rings. The van der Waals surface area contributed by atoms with E-state index in [0.29, 0.717) is 0 Å². The van der Waals surface area contributed by atoms with Crippen molar-refractivity contribution in [2.75, 3.05) is 13.1 Å². The molecule has 0 aliphatic carbocycles. The van der Waals surface area contributed by atoms with Crippen molar-refractivity contribution in [2.45, 2.75) is 6.92 Å². The summed E-state index contributed by atoms with van der Waals surface area (Å²) in [6.45, 7) is 1.79. The van der Waals surface area contributed by atoms with Crippen molar-refractivity contribution < 1.29 is 26.5 Å². The monoisotopic (exact) mass is 149 g/mol. The molecule has 0 atom stereocenters. The van der Waals surface area contributed by atoms with E-state index in [1.807, 2.05) is 0 Å². The van der Waals surface area contributed by atoms with Crippen LogP contribution in [0.25, 0.3) is 11.5 Å². The van der Waals surface area contributed by atoms with Gasteiger partial charge in [0.2, 0.25) is 0 Å². The molecule has 0 aliphatic heterocycles. The Hall–Kier alpha value is 0.304. The number of hydrogen-bond acceptors (Lipinski definition) is 1. The Bertz CT molecular complexity index is 33.2. The van der Waals surface area contributed by atoms with Crippen LogP contribution in [0.1, 0.15) is 6.92 Å². The van der Waals surface area contributed by atoms with Crippen LogP contribution in [-0.4, -0.2) is 19.4 Å². The number of rotatable bonds is 1. The molecule has 0 aromatic rings. The van der Waals surface area contributed by atoms with Crippen molar-refractivity contribution in [3.63, 3.8) is 0 Å². The summed E-state index contributed by atoms with van der Waals surface area (Å²) in [4.78, 5) is 8.68. The molecule has 0 saturated carbocycles. The van der Waals surface area contributed by atoms with Gasteiger partial charge in [-0.15, -0.1) is 0 Å². The van der Waals surface area contributed by atoms with E-state index in [-0.39, 0.29) is 34.8 Å². The first-order valence-electron chi connectivity index (χ1n) is 1.91. The maximum absolute atomic E-state index is 8.68. The maximum Gasteiger partial charge on any atom is 3.00 e. The molecule has 0 spiro atoms. The number of hydrogen-bond donors (Lipinski definition) is 0. The molecular formula is C4H9N2OTi. The molecule has 0 rings (SSSR count). The molecule has 0 fully saturated rings. The van der Waals surface area contributed by atoms with Gasteiger partial charge in [0.05, 0.1) is 0 Å². The molecule has 8 heavy (non-hydrogen) atoms. The predicted molar refractivity (Wildman–Crippen MR) is 29.7 cm³/mol. The fraction of sp³-hybridized carbons (Fsp3) is 0.750. The summed E-state index contributed by atoms with van der Waals surface area (Å²) in [5, 5.41) is 0. The first-order valence-corrected chi connectivity index (χ1v) is 1.91. The van der Waals surface area contributed by atoms with Gasteiger partial charge in [-0.1, -0.05) is 0 Å². The molecule has 0 aromatic carbocycles. The zero-order valence-electron chi connectivity index (χ0n) is 4.82. The van der Waals surface area contributed by atoms with Crippen molar-refractivity contribution in [1.29, 1.82) is 0 Å². The Morgan fingerprint density at radius 3 is 1.50 bits per heavy atom. The summed E-state index contributed by atoms with van der Waals surface area (Å²) in [6.07, 6.45) is 1.50. The van der Waals surface area contributed by atoms with Crippen LogP contribution >= 0.6 is 0 Å². The summed E-state index contributed by atoms with van der Waals surface area (Å²) < 4.78 is 0. The summed E-state index contributed by atoms with van der Waals surface area (Å²) in [6, 6.07) is 0. The first-order chi connectivity index (χ1) is 3.33. The largest absolute Gasteiger partial charge is 3.00 e. The van der Waals surface area contributed by atoms with Crippen molar-refractivity contribution in [3.8, 4) is 0 Å². The summed E-state index contributed by atoms with van der Waals surface area (Å²) >= 11 is 0. The molecule has 3 nitrogen and oxygen atoms in total. The molecule has 45 valence electrons. The van der Waals surface area contributed by atoms with Crippen molar-refractivity contribution >= 4 is 6.29 Å². The second kappa shape index (κ2) is 26.6. The molecular weight excluding hydrogens is 140 g/mol. The van der Waals surface area contributed by atoms with E-state index in [1.165, 1.54) is 13.2 Å². The Kier molecular flexibility index (Phi) is 52.3. The van der Waals surface area contributed by atoms with Crippen LogP contribution in [0.2, 0.25) is 0 Å². The van der Waals surface area contributed by atoms with Gasteiger partial charge in [-0.3, -0.25) is 6.29 Å². The molecule has 0 aromatic heterocycles. The molecule has 0 unspecified atom stereocenters. The maximum atomic E-state index is 8.68. The topological polar surface area (TPSA) is 64.7 Å². The van der Waals surface area contributed by atoms with Crippen LogP contribution in [0.15, 0.2) is 0 Å². The molecule has 0 heterocycles. The minimum Gasteiger partial charge on any atom is -0.679 e. The Balaban J connectivity index is -0.0000000575. The molecule has 0 bridgehead atoms. The van der Waals surface area contributed by atoms with E-state index in [9.17, 15) is 0 Å². The molecule has 1 radical (unpaired) electrons. The SMILES string of the molecule is C[C-]=O.[NH-]CC[NH-].[Ti+3]. The zero-order chi connectivity index (χ0) is 6.12. The third kappa shape index (κ3) is 104. The second-order valence-corrected chi connectivity index (χ2v) is 0.704. The zero-order valence-corrected chi connectivity index (χ0v) is 6.38. The second-order valence-electron chi connectivity index (χ2n) is 0.704. The third-order valence-electron chi connectivity index (χ3n) is 0.125. The average molecular weight is 149 g/mol. The van der Waals surface area contributed by atoms with E-state index in [4.69, 9.17) is 16.3 Å². The Morgan fingerprint density at radius 1 is 1.38 bits per heavy atom. The third-order valence-corrected chi connectivity index (χ3v) is 0.125. The van der Waals surface area contributed by atoms with Gasteiger partial charge in [-0.25, -0.2) is 0 Å². The normalized spacial score (nSPS) is 5.38. The minimum absolute atomic E-state index is 0. The summed E-state index contributed by atoms with van der Waals surface area (Å²) in [7, 11) is 0. The Morgan fingerprint density at radius 2 is 1.50 bits per heavy atom. The van der Waals surface area contributed by atoms with Crippen molar-refractivity contribution in [3.05, 3.63) is 11.5 Å². The Labute approximate surface area is 64.7 Å².